The molecule has 0 spiro atoms. The Morgan fingerprint density at radius 3 is 2.22 bits per heavy atom. The van der Waals surface area contributed by atoms with Crippen molar-refractivity contribution < 1.29 is 14.3 Å². The summed E-state index contributed by atoms with van der Waals surface area (Å²) in [6, 6.07) is 16.8. The summed E-state index contributed by atoms with van der Waals surface area (Å²) in [5.74, 6) is -0.249. The molecule has 0 fully saturated rings. The van der Waals surface area contributed by atoms with Crippen molar-refractivity contribution in [2.45, 2.75) is 26.2 Å². The van der Waals surface area contributed by atoms with Crippen LogP contribution < -0.4 is 5.32 Å². The van der Waals surface area contributed by atoms with Gasteiger partial charge in [0.2, 0.25) is 5.91 Å². The monoisotopic (exact) mass is 359 g/mol. The van der Waals surface area contributed by atoms with Gasteiger partial charge in [0.05, 0.1) is 7.11 Å². The molecule has 0 aromatic heterocycles. The lowest BCUT2D eigenvalue weighted by Crippen LogP contribution is -2.06. The van der Waals surface area contributed by atoms with Gasteiger partial charge < -0.3 is 10.1 Å². The third-order valence-electron chi connectivity index (χ3n) is 5.12. The fourth-order valence-corrected chi connectivity index (χ4v) is 3.90. The highest BCUT2D eigenvalue weighted by molar-refractivity contribution is 6.26. The molecule has 0 atom stereocenters. The molecule has 27 heavy (non-hydrogen) atoms. The molecule has 0 aliphatic carbocycles. The van der Waals surface area contributed by atoms with Crippen LogP contribution in [0, 0.1) is 0 Å². The fraction of sp³-hybridized carbons (Fsp3) is 0.217. The maximum atomic E-state index is 11.6. The van der Waals surface area contributed by atoms with Gasteiger partial charge in [0.15, 0.2) is 0 Å². The van der Waals surface area contributed by atoms with Crippen LogP contribution in [0.15, 0.2) is 48.5 Å². The summed E-state index contributed by atoms with van der Waals surface area (Å²) in [5.41, 5.74) is 2.06. The number of aryl methyl sites for hydroxylation is 1. The second-order valence-corrected chi connectivity index (χ2v) is 6.87. The van der Waals surface area contributed by atoms with Gasteiger partial charge in [-0.2, -0.15) is 0 Å². The van der Waals surface area contributed by atoms with Gasteiger partial charge >= 0.3 is 5.97 Å². The molecule has 0 saturated carbocycles. The summed E-state index contributed by atoms with van der Waals surface area (Å²) >= 11 is 0. The molecule has 0 unspecified atom stereocenters. The van der Waals surface area contributed by atoms with E-state index in [1.165, 1.54) is 41.1 Å². The Hall–Kier alpha value is -3.14. The lowest BCUT2D eigenvalue weighted by molar-refractivity contribution is -0.140. The summed E-state index contributed by atoms with van der Waals surface area (Å²) in [7, 11) is 1.42. The van der Waals surface area contributed by atoms with Crippen LogP contribution in [0.4, 0.5) is 5.69 Å². The van der Waals surface area contributed by atoms with Gasteiger partial charge in [-0.25, -0.2) is 0 Å². The van der Waals surface area contributed by atoms with E-state index in [0.29, 0.717) is 6.42 Å². The maximum absolute atomic E-state index is 11.6. The van der Waals surface area contributed by atoms with Crippen LogP contribution in [-0.2, 0) is 20.7 Å². The molecule has 0 bridgehead atoms. The van der Waals surface area contributed by atoms with Crippen LogP contribution in [0.3, 0.4) is 0 Å². The molecule has 0 aliphatic rings. The Kier molecular flexibility index (Phi) is 4.40. The largest absolute Gasteiger partial charge is 0.469 e. The van der Waals surface area contributed by atoms with E-state index in [2.05, 4.69) is 47.8 Å². The van der Waals surface area contributed by atoms with Gasteiger partial charge in [-0.3, -0.25) is 9.59 Å². The van der Waals surface area contributed by atoms with Crippen molar-refractivity contribution in [2.24, 2.45) is 0 Å². The van der Waals surface area contributed by atoms with E-state index in [4.69, 9.17) is 4.74 Å². The molecule has 0 radical (unpaired) electrons. The molecular formula is C23H21NO3. The molecule has 136 valence electrons. The maximum Gasteiger partial charge on any atom is 0.305 e. The fourth-order valence-electron chi connectivity index (χ4n) is 3.90. The highest BCUT2D eigenvalue weighted by Crippen LogP contribution is 2.39. The summed E-state index contributed by atoms with van der Waals surface area (Å²) in [4.78, 5) is 23.0. The first-order valence-corrected chi connectivity index (χ1v) is 9.12. The predicted molar refractivity (Wildman–Crippen MR) is 109 cm³/mol. The Balaban J connectivity index is 1.87. The summed E-state index contributed by atoms with van der Waals surface area (Å²) in [6.45, 7) is 1.53. The molecule has 4 nitrogen and oxygen atoms in total. The average molecular weight is 359 g/mol. The minimum Gasteiger partial charge on any atom is -0.469 e. The van der Waals surface area contributed by atoms with Crippen molar-refractivity contribution in [1.29, 1.82) is 0 Å². The molecule has 4 aromatic rings. The number of rotatable bonds is 5. The second kappa shape index (κ2) is 6.88. The molecule has 0 saturated heterocycles. The van der Waals surface area contributed by atoms with E-state index in [0.717, 1.165) is 29.3 Å². The van der Waals surface area contributed by atoms with Gasteiger partial charge in [-0.1, -0.05) is 42.5 Å². The molecule has 0 heterocycles. The van der Waals surface area contributed by atoms with E-state index in [1.807, 2.05) is 6.07 Å². The van der Waals surface area contributed by atoms with Gasteiger partial charge in [-0.05, 0) is 51.4 Å². The zero-order valence-electron chi connectivity index (χ0n) is 15.5. The SMILES string of the molecule is COC(=O)CCCc1ccc2ccc3c(NC(C)=O)ccc4ccc1c2c43. The number of nitrogens with one attached hydrogen (secondary N) is 1. The molecule has 4 aromatic carbocycles. The minimum absolute atomic E-state index is 0.0754. The second-order valence-electron chi connectivity index (χ2n) is 6.87. The van der Waals surface area contributed by atoms with Crippen molar-refractivity contribution >= 4 is 49.9 Å². The number of anilines is 1. The van der Waals surface area contributed by atoms with Gasteiger partial charge in [0.1, 0.15) is 0 Å². The number of hydrogen-bond donors (Lipinski definition) is 1. The van der Waals surface area contributed by atoms with Crippen molar-refractivity contribution in [3.05, 3.63) is 54.1 Å². The summed E-state index contributed by atoms with van der Waals surface area (Å²) < 4.78 is 4.74. The Labute approximate surface area is 157 Å². The smallest absolute Gasteiger partial charge is 0.305 e. The zero-order chi connectivity index (χ0) is 19.0. The van der Waals surface area contributed by atoms with Crippen molar-refractivity contribution in [2.75, 3.05) is 12.4 Å². The normalized spacial score (nSPS) is 11.3. The lowest BCUT2D eigenvalue weighted by Gasteiger charge is -2.16. The average Bonchev–Trinajstić information content (AvgIpc) is 2.67. The Morgan fingerprint density at radius 1 is 0.889 bits per heavy atom. The first-order valence-electron chi connectivity index (χ1n) is 9.12. The number of esters is 1. The minimum atomic E-state index is -0.173. The highest BCUT2D eigenvalue weighted by Gasteiger charge is 2.13. The van der Waals surface area contributed by atoms with Crippen molar-refractivity contribution in [3.8, 4) is 0 Å². The predicted octanol–water partition coefficient (Wildman–Crippen LogP) is 5.04. The number of carbonyl (C=O) groups excluding carboxylic acids is 2. The third kappa shape index (κ3) is 3.08. The van der Waals surface area contributed by atoms with Crippen LogP contribution in [0.5, 0.6) is 0 Å². The van der Waals surface area contributed by atoms with E-state index in [-0.39, 0.29) is 11.9 Å². The van der Waals surface area contributed by atoms with Crippen molar-refractivity contribution in [1.82, 2.24) is 0 Å². The van der Waals surface area contributed by atoms with Crippen LogP contribution in [0.1, 0.15) is 25.3 Å². The highest BCUT2D eigenvalue weighted by atomic mass is 16.5. The number of methoxy groups -OCH3 is 1. The first-order chi connectivity index (χ1) is 13.1. The van der Waals surface area contributed by atoms with Crippen LogP contribution in [-0.4, -0.2) is 19.0 Å². The van der Waals surface area contributed by atoms with E-state index < -0.39 is 0 Å². The van der Waals surface area contributed by atoms with Gasteiger partial charge in [-0.15, -0.1) is 0 Å². The third-order valence-corrected chi connectivity index (χ3v) is 5.12. The van der Waals surface area contributed by atoms with E-state index in [9.17, 15) is 9.59 Å². The summed E-state index contributed by atoms with van der Waals surface area (Å²) in [5, 5.41) is 9.91. The van der Waals surface area contributed by atoms with Crippen molar-refractivity contribution in [3.63, 3.8) is 0 Å². The van der Waals surface area contributed by atoms with Crippen LogP contribution in [0.2, 0.25) is 0 Å². The number of ether oxygens (including phenoxy) is 1. The molecule has 0 aliphatic heterocycles. The molecule has 4 heteroatoms. The van der Waals surface area contributed by atoms with E-state index in [1.54, 1.807) is 0 Å². The Morgan fingerprint density at radius 2 is 1.52 bits per heavy atom. The number of amides is 1. The molecule has 1 amide bonds. The number of benzene rings is 4. The lowest BCUT2D eigenvalue weighted by atomic mass is 9.90. The standard InChI is InChI=1S/C23H21NO3/c1-14(25)24-20-13-10-17-8-11-18-15(4-3-5-21(26)27-2)6-7-16-9-12-19(20)23(17)22(16)18/h6-13H,3-5H2,1-2H3,(H,24,25). The number of hydrogen-bond acceptors (Lipinski definition) is 3. The summed E-state index contributed by atoms with van der Waals surface area (Å²) in [6.07, 6.45) is 2.00. The van der Waals surface area contributed by atoms with Crippen LogP contribution in [0.25, 0.3) is 32.3 Å². The van der Waals surface area contributed by atoms with E-state index >= 15 is 0 Å². The Bertz CT molecular complexity index is 1160. The van der Waals surface area contributed by atoms with Crippen LogP contribution >= 0.6 is 0 Å². The topological polar surface area (TPSA) is 55.4 Å². The van der Waals surface area contributed by atoms with Gasteiger partial charge in [0.25, 0.3) is 0 Å². The molecule has 1 N–H and O–H groups in total. The zero-order valence-corrected chi connectivity index (χ0v) is 15.5. The molecule has 4 rings (SSSR count). The quantitative estimate of drug-likeness (QED) is 0.401. The van der Waals surface area contributed by atoms with Gasteiger partial charge in [0, 0.05) is 24.4 Å². The first kappa shape index (κ1) is 17.3. The number of carbonyl (C=O) groups is 2. The molecular weight excluding hydrogens is 338 g/mol.